The van der Waals surface area contributed by atoms with Crippen molar-refractivity contribution < 1.29 is 0 Å². The summed E-state index contributed by atoms with van der Waals surface area (Å²) in [6.45, 7) is 5.45. The van der Waals surface area contributed by atoms with Crippen molar-refractivity contribution in [2.45, 2.75) is 26.3 Å². The second-order valence-corrected chi connectivity index (χ2v) is 4.13. The lowest BCUT2D eigenvalue weighted by molar-refractivity contribution is 0.571. The van der Waals surface area contributed by atoms with Crippen molar-refractivity contribution >= 4 is 10.9 Å². The molecule has 0 aliphatic rings. The van der Waals surface area contributed by atoms with Gasteiger partial charge in [-0.3, -0.25) is 4.98 Å². The zero-order valence-corrected chi connectivity index (χ0v) is 9.90. The quantitative estimate of drug-likeness (QED) is 0.844. The molecule has 2 nitrogen and oxygen atoms in total. The van der Waals surface area contributed by atoms with Gasteiger partial charge in [-0.1, -0.05) is 19.1 Å². The first-order valence-electron chi connectivity index (χ1n) is 5.89. The normalized spacial score (nSPS) is 12.9. The predicted molar refractivity (Wildman–Crippen MR) is 68.5 cm³/mol. The molecule has 0 aliphatic heterocycles. The van der Waals surface area contributed by atoms with Crippen molar-refractivity contribution in [2.24, 2.45) is 0 Å². The Kier molecular flexibility index (Phi) is 3.52. The van der Waals surface area contributed by atoms with Crippen LogP contribution in [0.3, 0.4) is 0 Å². The molecule has 0 aliphatic carbocycles. The molecule has 0 radical (unpaired) electrons. The minimum absolute atomic E-state index is 0.407. The van der Waals surface area contributed by atoms with E-state index in [2.05, 4.69) is 48.4 Å². The molecule has 0 saturated carbocycles. The second kappa shape index (κ2) is 5.08. The highest BCUT2D eigenvalue weighted by Gasteiger charge is 2.04. The van der Waals surface area contributed by atoms with Crippen molar-refractivity contribution in [2.75, 3.05) is 6.54 Å². The first-order chi connectivity index (χ1) is 7.81. The van der Waals surface area contributed by atoms with Crippen molar-refractivity contribution in [3.63, 3.8) is 0 Å². The highest BCUT2D eigenvalue weighted by molar-refractivity contribution is 5.79. The Labute approximate surface area is 96.7 Å². The van der Waals surface area contributed by atoms with Gasteiger partial charge >= 0.3 is 0 Å². The van der Waals surface area contributed by atoms with Crippen LogP contribution in [0.1, 0.15) is 31.9 Å². The highest BCUT2D eigenvalue weighted by Crippen LogP contribution is 2.18. The van der Waals surface area contributed by atoms with E-state index in [1.807, 2.05) is 12.3 Å². The number of fused-ring (bicyclic) bond motifs is 1. The Bertz CT molecular complexity index is 465. The molecule has 1 heterocycles. The van der Waals surface area contributed by atoms with Crippen LogP contribution >= 0.6 is 0 Å². The Morgan fingerprint density at radius 2 is 2.19 bits per heavy atom. The molecule has 2 heteroatoms. The van der Waals surface area contributed by atoms with Crippen molar-refractivity contribution in [1.82, 2.24) is 10.3 Å². The number of pyridine rings is 1. The number of rotatable bonds is 4. The number of aromatic nitrogens is 1. The zero-order valence-electron chi connectivity index (χ0n) is 9.90. The molecule has 1 atom stereocenters. The van der Waals surface area contributed by atoms with Gasteiger partial charge < -0.3 is 5.32 Å². The Balaban J connectivity index is 2.25. The topological polar surface area (TPSA) is 24.9 Å². The van der Waals surface area contributed by atoms with E-state index in [1.165, 1.54) is 17.4 Å². The van der Waals surface area contributed by atoms with Gasteiger partial charge in [-0.25, -0.2) is 0 Å². The van der Waals surface area contributed by atoms with Gasteiger partial charge in [-0.2, -0.15) is 0 Å². The summed E-state index contributed by atoms with van der Waals surface area (Å²) in [6, 6.07) is 11.0. The lowest BCUT2D eigenvalue weighted by Crippen LogP contribution is -2.19. The molecule has 0 saturated heterocycles. The average molecular weight is 214 g/mol. The summed E-state index contributed by atoms with van der Waals surface area (Å²) in [6.07, 6.45) is 3.00. The standard InChI is InChI=1S/C14H18N2/c1-3-8-15-11(2)12-6-7-14-13(10-12)5-4-9-16-14/h4-7,9-11,15H,3,8H2,1-2H3. The molecular weight excluding hydrogens is 196 g/mol. The molecule has 0 fully saturated rings. The van der Waals surface area contributed by atoms with Crippen LogP contribution in [0.2, 0.25) is 0 Å². The maximum Gasteiger partial charge on any atom is 0.0702 e. The van der Waals surface area contributed by atoms with E-state index in [4.69, 9.17) is 0 Å². The van der Waals surface area contributed by atoms with Gasteiger partial charge in [-0.15, -0.1) is 0 Å². The lowest BCUT2D eigenvalue weighted by atomic mass is 10.1. The average Bonchev–Trinajstić information content (AvgIpc) is 2.35. The van der Waals surface area contributed by atoms with Gasteiger partial charge in [0.2, 0.25) is 0 Å². The van der Waals surface area contributed by atoms with Gasteiger partial charge in [0.15, 0.2) is 0 Å². The fourth-order valence-corrected chi connectivity index (χ4v) is 1.84. The number of benzene rings is 1. The summed E-state index contributed by atoms with van der Waals surface area (Å²) in [4.78, 5) is 4.32. The van der Waals surface area contributed by atoms with Crippen LogP contribution in [0.15, 0.2) is 36.5 Å². The molecule has 16 heavy (non-hydrogen) atoms. The summed E-state index contributed by atoms with van der Waals surface area (Å²) < 4.78 is 0. The van der Waals surface area contributed by atoms with Gasteiger partial charge in [0, 0.05) is 17.6 Å². The van der Waals surface area contributed by atoms with Crippen LogP contribution in [0.25, 0.3) is 10.9 Å². The summed E-state index contributed by atoms with van der Waals surface area (Å²) in [7, 11) is 0. The third-order valence-corrected chi connectivity index (χ3v) is 2.83. The molecule has 0 spiro atoms. The molecule has 84 valence electrons. The predicted octanol–water partition coefficient (Wildman–Crippen LogP) is 3.30. The molecular formula is C14H18N2. The molecule has 1 aromatic heterocycles. The SMILES string of the molecule is CCCNC(C)c1ccc2ncccc2c1. The lowest BCUT2D eigenvalue weighted by Gasteiger charge is -2.14. The Morgan fingerprint density at radius 3 is 3.00 bits per heavy atom. The zero-order chi connectivity index (χ0) is 11.4. The van der Waals surface area contributed by atoms with Crippen LogP contribution in [0, 0.1) is 0 Å². The monoisotopic (exact) mass is 214 g/mol. The molecule has 1 unspecified atom stereocenters. The van der Waals surface area contributed by atoms with Gasteiger partial charge in [0.05, 0.1) is 5.52 Å². The van der Waals surface area contributed by atoms with Crippen molar-refractivity contribution in [3.8, 4) is 0 Å². The maximum absolute atomic E-state index is 4.32. The van der Waals surface area contributed by atoms with Crippen LogP contribution in [0.5, 0.6) is 0 Å². The van der Waals surface area contributed by atoms with Gasteiger partial charge in [0.1, 0.15) is 0 Å². The number of nitrogens with one attached hydrogen (secondary N) is 1. The number of hydrogen-bond donors (Lipinski definition) is 1. The van der Waals surface area contributed by atoms with Crippen molar-refractivity contribution in [3.05, 3.63) is 42.1 Å². The minimum Gasteiger partial charge on any atom is -0.310 e. The van der Waals surface area contributed by atoms with Crippen LogP contribution in [0.4, 0.5) is 0 Å². The summed E-state index contributed by atoms with van der Waals surface area (Å²) >= 11 is 0. The van der Waals surface area contributed by atoms with Crippen LogP contribution in [-0.4, -0.2) is 11.5 Å². The van der Waals surface area contributed by atoms with E-state index in [9.17, 15) is 0 Å². The molecule has 0 amide bonds. The summed E-state index contributed by atoms with van der Waals surface area (Å²) in [5.41, 5.74) is 2.39. The largest absolute Gasteiger partial charge is 0.310 e. The van der Waals surface area contributed by atoms with Gasteiger partial charge in [-0.05, 0) is 43.7 Å². The Hall–Kier alpha value is -1.41. The number of nitrogens with zero attached hydrogens (tertiary/aromatic N) is 1. The van der Waals surface area contributed by atoms with Gasteiger partial charge in [0.25, 0.3) is 0 Å². The molecule has 0 bridgehead atoms. The first kappa shape index (κ1) is 11.1. The van der Waals surface area contributed by atoms with E-state index in [-0.39, 0.29) is 0 Å². The third-order valence-electron chi connectivity index (χ3n) is 2.83. The molecule has 1 aromatic carbocycles. The van der Waals surface area contributed by atoms with E-state index in [0.717, 1.165) is 12.1 Å². The molecule has 2 rings (SSSR count). The summed E-state index contributed by atoms with van der Waals surface area (Å²) in [5, 5.41) is 4.71. The van der Waals surface area contributed by atoms with Crippen LogP contribution in [-0.2, 0) is 0 Å². The number of hydrogen-bond acceptors (Lipinski definition) is 2. The van der Waals surface area contributed by atoms with Crippen LogP contribution < -0.4 is 5.32 Å². The highest BCUT2D eigenvalue weighted by atomic mass is 14.9. The van der Waals surface area contributed by atoms with E-state index in [1.54, 1.807) is 0 Å². The first-order valence-corrected chi connectivity index (χ1v) is 5.89. The smallest absolute Gasteiger partial charge is 0.0702 e. The van der Waals surface area contributed by atoms with E-state index < -0.39 is 0 Å². The molecule has 1 N–H and O–H groups in total. The second-order valence-electron chi connectivity index (χ2n) is 4.13. The van der Waals surface area contributed by atoms with E-state index in [0.29, 0.717) is 6.04 Å². The fourth-order valence-electron chi connectivity index (χ4n) is 1.84. The third kappa shape index (κ3) is 2.39. The molecule has 2 aromatic rings. The van der Waals surface area contributed by atoms with Crippen molar-refractivity contribution in [1.29, 1.82) is 0 Å². The fraction of sp³-hybridized carbons (Fsp3) is 0.357. The Morgan fingerprint density at radius 1 is 1.31 bits per heavy atom. The van der Waals surface area contributed by atoms with E-state index >= 15 is 0 Å². The maximum atomic E-state index is 4.32. The summed E-state index contributed by atoms with van der Waals surface area (Å²) in [5.74, 6) is 0. The minimum atomic E-state index is 0.407.